The van der Waals surface area contributed by atoms with Crippen molar-refractivity contribution in [3.63, 3.8) is 0 Å². The van der Waals surface area contributed by atoms with Crippen LogP contribution in [-0.2, 0) is 11.2 Å². The zero-order valence-corrected chi connectivity index (χ0v) is 9.85. The SMILES string of the molecule is COc1cc(CC(N)C(=O)O)ccc1C1CC1. The summed E-state index contributed by atoms with van der Waals surface area (Å²) in [5.74, 6) is 0.491. The lowest BCUT2D eigenvalue weighted by Crippen LogP contribution is -2.32. The largest absolute Gasteiger partial charge is 0.496 e. The normalized spacial score (nSPS) is 16.6. The number of carbonyl (C=O) groups is 1. The van der Waals surface area contributed by atoms with E-state index in [4.69, 9.17) is 15.6 Å². The topological polar surface area (TPSA) is 72.5 Å². The molecular weight excluding hydrogens is 218 g/mol. The Kier molecular flexibility index (Phi) is 3.33. The lowest BCUT2D eigenvalue weighted by molar-refractivity contribution is -0.138. The first-order chi connectivity index (χ1) is 8.11. The second-order valence-electron chi connectivity index (χ2n) is 4.50. The smallest absolute Gasteiger partial charge is 0.320 e. The lowest BCUT2D eigenvalue weighted by Gasteiger charge is -2.11. The minimum atomic E-state index is -0.977. The standard InChI is InChI=1S/C13H17NO3/c1-17-12-7-8(6-11(14)13(15)16)2-5-10(12)9-3-4-9/h2,5,7,9,11H,3-4,6,14H2,1H3,(H,15,16). The molecule has 1 atom stereocenters. The van der Waals surface area contributed by atoms with Crippen LogP contribution in [0.25, 0.3) is 0 Å². The van der Waals surface area contributed by atoms with Crippen LogP contribution in [0.4, 0.5) is 0 Å². The number of carboxylic acids is 1. The zero-order chi connectivity index (χ0) is 12.4. The third-order valence-corrected chi connectivity index (χ3v) is 3.09. The van der Waals surface area contributed by atoms with Gasteiger partial charge in [-0.1, -0.05) is 12.1 Å². The maximum atomic E-state index is 10.7. The van der Waals surface area contributed by atoms with Crippen LogP contribution in [-0.4, -0.2) is 24.2 Å². The molecule has 3 N–H and O–H groups in total. The number of carboxylic acid groups (broad SMARTS) is 1. The molecule has 2 rings (SSSR count). The number of hydrogen-bond acceptors (Lipinski definition) is 3. The third kappa shape index (κ3) is 2.77. The van der Waals surface area contributed by atoms with Gasteiger partial charge in [-0.25, -0.2) is 0 Å². The molecule has 0 aliphatic heterocycles. The Hall–Kier alpha value is -1.55. The van der Waals surface area contributed by atoms with E-state index in [1.807, 2.05) is 18.2 Å². The molecule has 4 nitrogen and oxygen atoms in total. The van der Waals surface area contributed by atoms with Crippen molar-refractivity contribution in [3.8, 4) is 5.75 Å². The predicted octanol–water partition coefficient (Wildman–Crippen LogP) is 1.53. The first-order valence-corrected chi connectivity index (χ1v) is 5.77. The summed E-state index contributed by atoms with van der Waals surface area (Å²) in [6.45, 7) is 0. The molecule has 0 radical (unpaired) electrons. The van der Waals surface area contributed by atoms with Gasteiger partial charge in [0, 0.05) is 0 Å². The third-order valence-electron chi connectivity index (χ3n) is 3.09. The summed E-state index contributed by atoms with van der Waals surface area (Å²) in [4.78, 5) is 10.7. The van der Waals surface area contributed by atoms with Crippen molar-refractivity contribution in [1.82, 2.24) is 0 Å². The van der Waals surface area contributed by atoms with E-state index in [1.165, 1.54) is 18.4 Å². The number of nitrogens with two attached hydrogens (primary N) is 1. The van der Waals surface area contributed by atoms with E-state index in [-0.39, 0.29) is 0 Å². The van der Waals surface area contributed by atoms with Gasteiger partial charge in [0.2, 0.25) is 0 Å². The molecule has 1 aliphatic carbocycles. The fourth-order valence-electron chi connectivity index (χ4n) is 1.96. The number of rotatable bonds is 5. The highest BCUT2D eigenvalue weighted by molar-refractivity contribution is 5.73. The Morgan fingerprint density at radius 3 is 2.82 bits per heavy atom. The summed E-state index contributed by atoms with van der Waals surface area (Å²) in [5, 5.41) is 8.77. The molecule has 0 saturated heterocycles. The minimum absolute atomic E-state index is 0.330. The maximum absolute atomic E-state index is 10.7. The van der Waals surface area contributed by atoms with Crippen LogP contribution in [0.5, 0.6) is 5.75 Å². The van der Waals surface area contributed by atoms with Crippen LogP contribution in [0.3, 0.4) is 0 Å². The average Bonchev–Trinajstić information content (AvgIpc) is 3.12. The van der Waals surface area contributed by atoms with Gasteiger partial charge in [0.15, 0.2) is 0 Å². The van der Waals surface area contributed by atoms with Crippen LogP contribution in [0.15, 0.2) is 18.2 Å². The van der Waals surface area contributed by atoms with E-state index in [0.29, 0.717) is 12.3 Å². The molecule has 1 saturated carbocycles. The van der Waals surface area contributed by atoms with E-state index >= 15 is 0 Å². The van der Waals surface area contributed by atoms with E-state index < -0.39 is 12.0 Å². The Morgan fingerprint density at radius 2 is 2.29 bits per heavy atom. The van der Waals surface area contributed by atoms with Crippen LogP contribution < -0.4 is 10.5 Å². The Labute approximate surface area is 100 Å². The number of methoxy groups -OCH3 is 1. The van der Waals surface area contributed by atoms with Crippen LogP contribution >= 0.6 is 0 Å². The predicted molar refractivity (Wildman–Crippen MR) is 64.3 cm³/mol. The lowest BCUT2D eigenvalue weighted by atomic mass is 10.0. The number of hydrogen-bond donors (Lipinski definition) is 2. The van der Waals surface area contributed by atoms with E-state index in [0.717, 1.165) is 11.3 Å². The van der Waals surface area contributed by atoms with Gasteiger partial charge in [0.05, 0.1) is 7.11 Å². The van der Waals surface area contributed by atoms with Crippen molar-refractivity contribution in [1.29, 1.82) is 0 Å². The molecule has 17 heavy (non-hydrogen) atoms. The highest BCUT2D eigenvalue weighted by Crippen LogP contribution is 2.44. The van der Waals surface area contributed by atoms with Gasteiger partial charge < -0.3 is 15.6 Å². The fourth-order valence-corrected chi connectivity index (χ4v) is 1.96. The van der Waals surface area contributed by atoms with Gasteiger partial charge in [-0.3, -0.25) is 4.79 Å². The molecule has 0 bridgehead atoms. The summed E-state index contributed by atoms with van der Waals surface area (Å²) in [7, 11) is 1.64. The molecule has 1 aliphatic rings. The van der Waals surface area contributed by atoms with E-state index in [1.54, 1.807) is 7.11 Å². The molecule has 0 spiro atoms. The van der Waals surface area contributed by atoms with Crippen molar-refractivity contribution in [2.75, 3.05) is 7.11 Å². The number of aliphatic carboxylic acids is 1. The van der Waals surface area contributed by atoms with Crippen LogP contribution in [0.1, 0.15) is 29.9 Å². The molecule has 4 heteroatoms. The Bertz CT molecular complexity index is 427. The van der Waals surface area contributed by atoms with Crippen molar-refractivity contribution >= 4 is 5.97 Å². The summed E-state index contributed by atoms with van der Waals surface area (Å²) < 4.78 is 5.34. The van der Waals surface area contributed by atoms with E-state index in [2.05, 4.69) is 0 Å². The Morgan fingerprint density at radius 1 is 1.59 bits per heavy atom. The van der Waals surface area contributed by atoms with Gasteiger partial charge in [-0.2, -0.15) is 0 Å². The van der Waals surface area contributed by atoms with Crippen molar-refractivity contribution in [3.05, 3.63) is 29.3 Å². The van der Waals surface area contributed by atoms with Gasteiger partial charge in [0.1, 0.15) is 11.8 Å². The maximum Gasteiger partial charge on any atom is 0.320 e. The summed E-state index contributed by atoms with van der Waals surface area (Å²) in [5.41, 5.74) is 7.64. The zero-order valence-electron chi connectivity index (χ0n) is 9.85. The summed E-state index contributed by atoms with van der Waals surface area (Å²) in [6.07, 6.45) is 2.76. The highest BCUT2D eigenvalue weighted by atomic mass is 16.5. The van der Waals surface area contributed by atoms with Crippen LogP contribution in [0.2, 0.25) is 0 Å². The van der Waals surface area contributed by atoms with Gasteiger partial charge >= 0.3 is 5.97 Å². The fraction of sp³-hybridized carbons (Fsp3) is 0.462. The molecule has 1 aromatic carbocycles. The van der Waals surface area contributed by atoms with Crippen LogP contribution in [0, 0.1) is 0 Å². The minimum Gasteiger partial charge on any atom is -0.496 e. The second kappa shape index (κ2) is 4.75. The summed E-state index contributed by atoms with van der Waals surface area (Å²) in [6, 6.07) is 5.02. The number of ether oxygens (including phenoxy) is 1. The molecule has 0 heterocycles. The van der Waals surface area contributed by atoms with Gasteiger partial charge in [0.25, 0.3) is 0 Å². The van der Waals surface area contributed by atoms with E-state index in [9.17, 15) is 4.79 Å². The Balaban J connectivity index is 2.16. The second-order valence-corrected chi connectivity index (χ2v) is 4.50. The van der Waals surface area contributed by atoms with Crippen molar-refractivity contribution in [2.24, 2.45) is 5.73 Å². The molecule has 1 unspecified atom stereocenters. The average molecular weight is 235 g/mol. The molecular formula is C13H17NO3. The monoisotopic (exact) mass is 235 g/mol. The quantitative estimate of drug-likeness (QED) is 0.811. The first-order valence-electron chi connectivity index (χ1n) is 5.77. The number of benzene rings is 1. The van der Waals surface area contributed by atoms with Crippen molar-refractivity contribution in [2.45, 2.75) is 31.2 Å². The molecule has 1 aromatic rings. The van der Waals surface area contributed by atoms with Gasteiger partial charge in [-0.15, -0.1) is 0 Å². The van der Waals surface area contributed by atoms with Gasteiger partial charge in [-0.05, 0) is 42.4 Å². The van der Waals surface area contributed by atoms with Crippen molar-refractivity contribution < 1.29 is 14.6 Å². The molecule has 0 amide bonds. The molecule has 92 valence electrons. The first kappa shape index (κ1) is 11.9. The highest BCUT2D eigenvalue weighted by Gasteiger charge is 2.26. The summed E-state index contributed by atoms with van der Waals surface area (Å²) >= 11 is 0. The molecule has 0 aromatic heterocycles. The molecule has 1 fully saturated rings.